The van der Waals surface area contributed by atoms with Crippen LogP contribution < -0.4 is 10.2 Å². The number of thiazole rings is 1. The zero-order valence-electron chi connectivity index (χ0n) is 15.7. The number of hydrogen-bond acceptors (Lipinski definition) is 6. The molecule has 0 unspecified atom stereocenters. The summed E-state index contributed by atoms with van der Waals surface area (Å²) in [5.41, 5.74) is 2.87. The van der Waals surface area contributed by atoms with Crippen LogP contribution >= 0.6 is 34.7 Å². The first-order valence-electron chi connectivity index (χ1n) is 9.10. The summed E-state index contributed by atoms with van der Waals surface area (Å²) in [5.74, 6) is 1.13. The number of nitrogens with zero attached hydrogens (tertiary/aromatic N) is 3. The van der Waals surface area contributed by atoms with Crippen LogP contribution in [0, 0.1) is 6.92 Å². The molecule has 1 aromatic carbocycles. The fourth-order valence-electron chi connectivity index (χ4n) is 3.10. The van der Waals surface area contributed by atoms with E-state index in [1.165, 1.54) is 0 Å². The van der Waals surface area contributed by atoms with Gasteiger partial charge in [-0.1, -0.05) is 18.5 Å². The largest absolute Gasteiger partial charge is 0.367 e. The van der Waals surface area contributed by atoms with E-state index >= 15 is 0 Å². The second kappa shape index (κ2) is 9.78. The molecule has 0 aliphatic carbocycles. The van der Waals surface area contributed by atoms with E-state index < -0.39 is 0 Å². The van der Waals surface area contributed by atoms with E-state index in [0.29, 0.717) is 10.8 Å². The molecule has 5 nitrogen and oxygen atoms in total. The maximum atomic E-state index is 12.4. The molecular formula is C19H25ClN4OS2. The van der Waals surface area contributed by atoms with E-state index in [4.69, 9.17) is 11.6 Å². The lowest BCUT2D eigenvalue weighted by Gasteiger charge is -2.36. The number of aromatic nitrogens is 1. The zero-order valence-corrected chi connectivity index (χ0v) is 18.1. The molecule has 146 valence electrons. The lowest BCUT2D eigenvalue weighted by molar-refractivity contribution is -0.113. The van der Waals surface area contributed by atoms with E-state index in [0.717, 1.165) is 60.6 Å². The average Bonchev–Trinajstić information content (AvgIpc) is 3.07. The predicted octanol–water partition coefficient (Wildman–Crippen LogP) is 4.12. The van der Waals surface area contributed by atoms with Crippen molar-refractivity contribution in [1.29, 1.82) is 0 Å². The molecule has 2 aromatic rings. The van der Waals surface area contributed by atoms with Gasteiger partial charge in [-0.3, -0.25) is 4.79 Å². The zero-order chi connectivity index (χ0) is 19.2. The normalized spacial score (nSPS) is 15.1. The number of halogens is 1. The Morgan fingerprint density at radius 1 is 1.33 bits per heavy atom. The van der Waals surface area contributed by atoms with Crippen LogP contribution in [0.15, 0.2) is 23.6 Å². The van der Waals surface area contributed by atoms with Crippen molar-refractivity contribution in [3.8, 4) is 0 Å². The summed E-state index contributed by atoms with van der Waals surface area (Å²) in [6.45, 7) is 9.24. The highest BCUT2D eigenvalue weighted by molar-refractivity contribution is 7.99. The lowest BCUT2D eigenvalue weighted by Crippen LogP contribution is -2.46. The van der Waals surface area contributed by atoms with E-state index in [2.05, 4.69) is 27.0 Å². The Morgan fingerprint density at radius 2 is 2.11 bits per heavy atom. The number of carbonyl (C=O) groups is 1. The van der Waals surface area contributed by atoms with Crippen LogP contribution in [0.1, 0.15) is 17.6 Å². The minimum atomic E-state index is -0.0114. The SMILES string of the molecule is CCN1CCN(c2ccc(Cl)cc2NC(=O)CSCc2csc(C)n2)CC1. The van der Waals surface area contributed by atoms with Gasteiger partial charge in [-0.2, -0.15) is 0 Å². The number of amides is 1. The van der Waals surface area contributed by atoms with Crippen LogP contribution in [0.2, 0.25) is 5.02 Å². The van der Waals surface area contributed by atoms with Gasteiger partial charge in [0, 0.05) is 42.3 Å². The molecule has 2 heterocycles. The molecule has 27 heavy (non-hydrogen) atoms. The fraction of sp³-hybridized carbons (Fsp3) is 0.474. The monoisotopic (exact) mass is 424 g/mol. The van der Waals surface area contributed by atoms with Gasteiger partial charge < -0.3 is 15.1 Å². The Morgan fingerprint density at radius 3 is 2.78 bits per heavy atom. The van der Waals surface area contributed by atoms with Crippen molar-refractivity contribution >= 4 is 52.0 Å². The van der Waals surface area contributed by atoms with Gasteiger partial charge in [-0.15, -0.1) is 23.1 Å². The first kappa shape index (κ1) is 20.5. The Bertz CT molecular complexity index is 775. The molecule has 3 rings (SSSR count). The molecule has 1 fully saturated rings. The number of hydrogen-bond donors (Lipinski definition) is 1. The van der Waals surface area contributed by atoms with Crippen molar-refractivity contribution in [2.24, 2.45) is 0 Å². The molecule has 0 saturated carbocycles. The van der Waals surface area contributed by atoms with Crippen molar-refractivity contribution in [1.82, 2.24) is 9.88 Å². The molecule has 1 aliphatic rings. The van der Waals surface area contributed by atoms with Crippen molar-refractivity contribution in [2.75, 3.05) is 48.7 Å². The maximum Gasteiger partial charge on any atom is 0.234 e. The summed E-state index contributed by atoms with van der Waals surface area (Å²) in [4.78, 5) is 21.6. The van der Waals surface area contributed by atoms with Crippen molar-refractivity contribution in [3.05, 3.63) is 39.3 Å². The van der Waals surface area contributed by atoms with Gasteiger partial charge in [0.25, 0.3) is 0 Å². The quantitative estimate of drug-likeness (QED) is 0.724. The molecule has 1 saturated heterocycles. The standard InChI is InChI=1S/C19H25ClN4OS2/c1-3-23-6-8-24(9-7-23)18-5-4-15(20)10-17(18)22-19(25)13-26-11-16-12-27-14(2)21-16/h4-5,10,12H,3,6-9,11,13H2,1-2H3,(H,22,25). The first-order valence-corrected chi connectivity index (χ1v) is 11.5. The van der Waals surface area contributed by atoms with Crippen LogP contribution in [0.3, 0.4) is 0 Å². The summed E-state index contributed by atoms with van der Waals surface area (Å²) in [6.07, 6.45) is 0. The van der Waals surface area contributed by atoms with Gasteiger partial charge in [-0.25, -0.2) is 4.98 Å². The molecule has 1 amide bonds. The summed E-state index contributed by atoms with van der Waals surface area (Å²) in [7, 11) is 0. The Hall–Kier alpha value is -1.28. The minimum Gasteiger partial charge on any atom is -0.367 e. The second-order valence-electron chi connectivity index (χ2n) is 6.48. The van der Waals surface area contributed by atoms with E-state index in [1.807, 2.05) is 30.5 Å². The minimum absolute atomic E-state index is 0.0114. The third kappa shape index (κ3) is 5.85. The Labute approximate surface area is 174 Å². The van der Waals surface area contributed by atoms with Crippen LogP contribution in [-0.4, -0.2) is 54.3 Å². The first-order chi connectivity index (χ1) is 13.0. The van der Waals surface area contributed by atoms with Crippen LogP contribution in [0.4, 0.5) is 11.4 Å². The summed E-state index contributed by atoms with van der Waals surface area (Å²) in [5, 5.41) is 6.78. The molecule has 0 spiro atoms. The molecular weight excluding hydrogens is 400 g/mol. The number of aryl methyl sites for hydroxylation is 1. The Balaban J connectivity index is 1.58. The van der Waals surface area contributed by atoms with Gasteiger partial charge in [0.05, 0.1) is 27.8 Å². The van der Waals surface area contributed by atoms with Crippen LogP contribution in [0.5, 0.6) is 0 Å². The van der Waals surface area contributed by atoms with Crippen molar-refractivity contribution in [2.45, 2.75) is 19.6 Å². The van der Waals surface area contributed by atoms with Crippen LogP contribution in [-0.2, 0) is 10.5 Å². The van der Waals surface area contributed by atoms with E-state index in [1.54, 1.807) is 23.1 Å². The molecule has 0 atom stereocenters. The lowest BCUT2D eigenvalue weighted by atomic mass is 10.2. The molecule has 0 bridgehead atoms. The second-order valence-corrected chi connectivity index (χ2v) is 8.97. The Kier molecular flexibility index (Phi) is 7.41. The summed E-state index contributed by atoms with van der Waals surface area (Å²) < 4.78 is 0. The smallest absolute Gasteiger partial charge is 0.234 e. The number of carbonyl (C=O) groups excluding carboxylic acids is 1. The summed E-state index contributed by atoms with van der Waals surface area (Å²) in [6, 6.07) is 5.73. The number of piperazine rings is 1. The third-order valence-electron chi connectivity index (χ3n) is 4.54. The molecule has 1 aromatic heterocycles. The van der Waals surface area contributed by atoms with Gasteiger partial charge in [-0.05, 0) is 31.7 Å². The number of benzene rings is 1. The third-order valence-corrected chi connectivity index (χ3v) is 6.57. The molecule has 8 heteroatoms. The van der Waals surface area contributed by atoms with E-state index in [9.17, 15) is 4.79 Å². The number of likely N-dealkylation sites (N-methyl/N-ethyl adjacent to an activating group) is 1. The molecule has 1 N–H and O–H groups in total. The van der Waals surface area contributed by atoms with Crippen LogP contribution in [0.25, 0.3) is 0 Å². The highest BCUT2D eigenvalue weighted by Gasteiger charge is 2.19. The molecule has 1 aliphatic heterocycles. The van der Waals surface area contributed by atoms with Crippen molar-refractivity contribution in [3.63, 3.8) is 0 Å². The van der Waals surface area contributed by atoms with Gasteiger partial charge in [0.15, 0.2) is 0 Å². The van der Waals surface area contributed by atoms with Gasteiger partial charge in [0.1, 0.15) is 0 Å². The number of rotatable bonds is 7. The summed E-state index contributed by atoms with van der Waals surface area (Å²) >= 11 is 9.39. The average molecular weight is 425 g/mol. The highest BCUT2D eigenvalue weighted by atomic mass is 35.5. The highest BCUT2D eigenvalue weighted by Crippen LogP contribution is 2.30. The van der Waals surface area contributed by atoms with E-state index in [-0.39, 0.29) is 5.91 Å². The predicted molar refractivity (Wildman–Crippen MR) is 117 cm³/mol. The molecule has 0 radical (unpaired) electrons. The van der Waals surface area contributed by atoms with Gasteiger partial charge >= 0.3 is 0 Å². The number of thioether (sulfide) groups is 1. The fourth-order valence-corrected chi connectivity index (χ4v) is 4.71. The number of nitrogens with one attached hydrogen (secondary N) is 1. The number of anilines is 2. The topological polar surface area (TPSA) is 48.5 Å². The van der Waals surface area contributed by atoms with Crippen molar-refractivity contribution < 1.29 is 4.79 Å². The maximum absolute atomic E-state index is 12.4. The van der Waals surface area contributed by atoms with Gasteiger partial charge in [0.2, 0.25) is 5.91 Å².